The number of nitrogens with one attached hydrogen (secondary N) is 2. The van der Waals surface area contributed by atoms with Gasteiger partial charge in [0.15, 0.2) is 0 Å². The van der Waals surface area contributed by atoms with Gasteiger partial charge in [0.25, 0.3) is 0 Å². The van der Waals surface area contributed by atoms with Crippen LogP contribution in [0.5, 0.6) is 0 Å². The van der Waals surface area contributed by atoms with Crippen LogP contribution < -0.4 is 16.6 Å². The average Bonchev–Trinajstić information content (AvgIpc) is 2.83. The van der Waals surface area contributed by atoms with E-state index in [1.165, 1.54) is 0 Å². The maximum Gasteiger partial charge on any atom is 0.148 e. The largest absolute Gasteiger partial charge is 0.365 e. The van der Waals surface area contributed by atoms with Crippen molar-refractivity contribution in [1.82, 2.24) is 19.7 Å². The molecule has 0 saturated heterocycles. The summed E-state index contributed by atoms with van der Waals surface area (Å²) in [4.78, 5) is 8.80. The molecule has 0 fully saturated rings. The topological polar surface area (TPSA) is 93.7 Å². The lowest BCUT2D eigenvalue weighted by Crippen LogP contribution is -2.14. The van der Waals surface area contributed by atoms with Crippen molar-refractivity contribution in [3.05, 3.63) is 29.3 Å². The van der Waals surface area contributed by atoms with Gasteiger partial charge in [0.1, 0.15) is 17.5 Å². The average molecular weight is 261 g/mol. The Morgan fingerprint density at radius 3 is 2.63 bits per heavy atom. The summed E-state index contributed by atoms with van der Waals surface area (Å²) in [6, 6.07) is 0. The minimum Gasteiger partial charge on any atom is -0.365 e. The van der Waals surface area contributed by atoms with E-state index in [2.05, 4.69) is 25.8 Å². The Balaban J connectivity index is 2.19. The van der Waals surface area contributed by atoms with Crippen LogP contribution in [0.15, 0.2) is 12.4 Å². The standard InChI is InChI=1S/C12H19N7/c1-4-10-16-11(8(2)12(17-10)18-13)14-5-9-6-15-19(3)7-9/h6-7H,4-5,13H2,1-3H3,(H2,14,16,17,18). The van der Waals surface area contributed by atoms with Crippen LogP contribution in [0, 0.1) is 6.92 Å². The summed E-state index contributed by atoms with van der Waals surface area (Å²) >= 11 is 0. The first-order valence-electron chi connectivity index (χ1n) is 6.19. The zero-order valence-electron chi connectivity index (χ0n) is 11.4. The van der Waals surface area contributed by atoms with Gasteiger partial charge in [0.2, 0.25) is 0 Å². The van der Waals surface area contributed by atoms with E-state index < -0.39 is 0 Å². The van der Waals surface area contributed by atoms with Crippen molar-refractivity contribution in [3.8, 4) is 0 Å². The number of hydrogen-bond donors (Lipinski definition) is 3. The molecule has 0 bridgehead atoms. The summed E-state index contributed by atoms with van der Waals surface area (Å²) in [6.07, 6.45) is 4.55. The number of rotatable bonds is 5. The first kappa shape index (κ1) is 13.3. The Kier molecular flexibility index (Phi) is 3.96. The van der Waals surface area contributed by atoms with Crippen molar-refractivity contribution in [2.45, 2.75) is 26.8 Å². The molecule has 0 spiro atoms. The second-order valence-electron chi connectivity index (χ2n) is 4.34. The molecule has 7 heteroatoms. The van der Waals surface area contributed by atoms with E-state index >= 15 is 0 Å². The van der Waals surface area contributed by atoms with Gasteiger partial charge in [-0.3, -0.25) is 4.68 Å². The molecule has 0 saturated carbocycles. The van der Waals surface area contributed by atoms with Crippen molar-refractivity contribution in [1.29, 1.82) is 0 Å². The number of hydrogen-bond acceptors (Lipinski definition) is 6. The first-order valence-corrected chi connectivity index (χ1v) is 6.19. The van der Waals surface area contributed by atoms with Crippen molar-refractivity contribution >= 4 is 11.6 Å². The van der Waals surface area contributed by atoms with E-state index in [0.717, 1.165) is 29.2 Å². The molecule has 0 aliphatic heterocycles. The van der Waals surface area contributed by atoms with Gasteiger partial charge in [0, 0.05) is 37.3 Å². The molecule has 0 aromatic carbocycles. The highest BCUT2D eigenvalue weighted by Crippen LogP contribution is 2.19. The number of nitrogen functional groups attached to an aromatic ring is 1. The van der Waals surface area contributed by atoms with Crippen molar-refractivity contribution in [2.24, 2.45) is 12.9 Å². The normalized spacial score (nSPS) is 10.5. The third-order valence-electron chi connectivity index (χ3n) is 2.86. The smallest absolute Gasteiger partial charge is 0.148 e. The fraction of sp³-hybridized carbons (Fsp3) is 0.417. The minimum absolute atomic E-state index is 0.653. The highest BCUT2D eigenvalue weighted by molar-refractivity contribution is 5.56. The Bertz CT molecular complexity index is 561. The number of anilines is 2. The zero-order valence-corrected chi connectivity index (χ0v) is 11.4. The fourth-order valence-corrected chi connectivity index (χ4v) is 1.78. The predicted molar refractivity (Wildman–Crippen MR) is 74.5 cm³/mol. The number of nitrogens with zero attached hydrogens (tertiary/aromatic N) is 4. The van der Waals surface area contributed by atoms with Crippen LogP contribution in [0.2, 0.25) is 0 Å². The van der Waals surface area contributed by atoms with Crippen molar-refractivity contribution in [3.63, 3.8) is 0 Å². The highest BCUT2D eigenvalue weighted by Gasteiger charge is 2.09. The monoisotopic (exact) mass is 261 g/mol. The van der Waals surface area contributed by atoms with Crippen LogP contribution in [0.4, 0.5) is 11.6 Å². The van der Waals surface area contributed by atoms with Crippen molar-refractivity contribution < 1.29 is 0 Å². The molecule has 2 rings (SSSR count). The van der Waals surface area contributed by atoms with E-state index in [4.69, 9.17) is 5.84 Å². The molecule has 0 amide bonds. The summed E-state index contributed by atoms with van der Waals surface area (Å²) < 4.78 is 1.77. The van der Waals surface area contributed by atoms with Crippen LogP contribution in [-0.2, 0) is 20.0 Å². The number of aromatic nitrogens is 4. The van der Waals surface area contributed by atoms with Gasteiger partial charge in [-0.25, -0.2) is 15.8 Å². The van der Waals surface area contributed by atoms with Crippen LogP contribution in [0.3, 0.4) is 0 Å². The third-order valence-corrected chi connectivity index (χ3v) is 2.86. The number of aryl methyl sites for hydroxylation is 2. The van der Waals surface area contributed by atoms with Gasteiger partial charge in [-0.05, 0) is 6.92 Å². The van der Waals surface area contributed by atoms with Gasteiger partial charge < -0.3 is 10.7 Å². The SMILES string of the molecule is CCc1nc(NN)c(C)c(NCc2cnn(C)c2)n1. The lowest BCUT2D eigenvalue weighted by Gasteiger charge is -2.12. The molecule has 19 heavy (non-hydrogen) atoms. The molecule has 0 aliphatic carbocycles. The van der Waals surface area contributed by atoms with Crippen molar-refractivity contribution in [2.75, 3.05) is 10.7 Å². The number of nitrogens with two attached hydrogens (primary N) is 1. The molecule has 0 radical (unpaired) electrons. The molecule has 7 nitrogen and oxygen atoms in total. The van der Waals surface area contributed by atoms with Crippen LogP contribution in [-0.4, -0.2) is 19.7 Å². The second-order valence-corrected chi connectivity index (χ2v) is 4.34. The summed E-state index contributed by atoms with van der Waals surface area (Å²) in [5.41, 5.74) is 4.61. The lowest BCUT2D eigenvalue weighted by molar-refractivity contribution is 0.767. The van der Waals surface area contributed by atoms with Crippen LogP contribution in [0.25, 0.3) is 0 Å². The Morgan fingerprint density at radius 2 is 2.05 bits per heavy atom. The third kappa shape index (κ3) is 3.00. The summed E-state index contributed by atoms with van der Waals surface area (Å²) in [7, 11) is 1.89. The van der Waals surface area contributed by atoms with Gasteiger partial charge in [0.05, 0.1) is 6.20 Å². The van der Waals surface area contributed by atoms with E-state index in [1.54, 1.807) is 4.68 Å². The molecule has 102 valence electrons. The second kappa shape index (κ2) is 5.66. The molecular weight excluding hydrogens is 242 g/mol. The zero-order chi connectivity index (χ0) is 13.8. The van der Waals surface area contributed by atoms with Gasteiger partial charge >= 0.3 is 0 Å². The summed E-state index contributed by atoms with van der Waals surface area (Å²) in [5, 5.41) is 7.42. The van der Waals surface area contributed by atoms with Crippen LogP contribution in [0.1, 0.15) is 23.9 Å². The molecule has 0 aliphatic rings. The molecule has 0 atom stereocenters. The molecule has 2 heterocycles. The summed E-state index contributed by atoms with van der Waals surface area (Å²) in [5.74, 6) is 7.68. The summed E-state index contributed by atoms with van der Waals surface area (Å²) in [6.45, 7) is 4.61. The first-order chi connectivity index (χ1) is 9.13. The van der Waals surface area contributed by atoms with Gasteiger partial charge in [-0.15, -0.1) is 0 Å². The van der Waals surface area contributed by atoms with Crippen LogP contribution >= 0.6 is 0 Å². The molecule has 4 N–H and O–H groups in total. The lowest BCUT2D eigenvalue weighted by atomic mass is 10.2. The van der Waals surface area contributed by atoms with E-state index in [0.29, 0.717) is 12.4 Å². The Labute approximate surface area is 112 Å². The van der Waals surface area contributed by atoms with E-state index in [-0.39, 0.29) is 0 Å². The molecule has 0 unspecified atom stereocenters. The molecule has 2 aromatic heterocycles. The molecule has 2 aromatic rings. The minimum atomic E-state index is 0.653. The quantitative estimate of drug-likeness (QED) is 0.548. The van der Waals surface area contributed by atoms with E-state index in [9.17, 15) is 0 Å². The molecular formula is C12H19N7. The maximum absolute atomic E-state index is 5.47. The van der Waals surface area contributed by atoms with Gasteiger partial charge in [-0.1, -0.05) is 6.92 Å². The predicted octanol–water partition coefficient (Wildman–Crippen LogP) is 0.979. The van der Waals surface area contributed by atoms with Gasteiger partial charge in [-0.2, -0.15) is 5.10 Å². The fourth-order valence-electron chi connectivity index (χ4n) is 1.78. The van der Waals surface area contributed by atoms with E-state index in [1.807, 2.05) is 33.3 Å². The highest BCUT2D eigenvalue weighted by atomic mass is 15.3. The Hall–Kier alpha value is -2.15. The number of hydrazine groups is 1. The maximum atomic E-state index is 5.47. The Morgan fingerprint density at radius 1 is 1.32 bits per heavy atom.